The zero-order valence-corrected chi connectivity index (χ0v) is 19.5. The van der Waals surface area contributed by atoms with Crippen molar-refractivity contribution in [1.29, 1.82) is 0 Å². The van der Waals surface area contributed by atoms with Crippen molar-refractivity contribution in [2.75, 3.05) is 39.5 Å². The predicted octanol–water partition coefficient (Wildman–Crippen LogP) is 3.87. The predicted molar refractivity (Wildman–Crippen MR) is 126 cm³/mol. The van der Waals surface area contributed by atoms with Gasteiger partial charge in [-0.15, -0.1) is 24.0 Å². The number of nitrogens with zero attached hydrogens (tertiary/aromatic N) is 1. The number of guanidine groups is 1. The highest BCUT2D eigenvalue weighted by Crippen LogP contribution is 2.41. The second-order valence-electron chi connectivity index (χ2n) is 7.69. The van der Waals surface area contributed by atoms with Gasteiger partial charge in [0, 0.05) is 31.7 Å². The molecule has 0 bridgehead atoms. The van der Waals surface area contributed by atoms with Crippen molar-refractivity contribution in [1.82, 2.24) is 10.6 Å². The van der Waals surface area contributed by atoms with Crippen LogP contribution in [-0.4, -0.2) is 51.5 Å². The summed E-state index contributed by atoms with van der Waals surface area (Å²) in [5.74, 6) is 0.920. The standard InChI is InChI=1S/C22H35N3O2.HI/c1-2-23-21(24-14-8-15-27-20-11-16-26-17-20)25-18-22(12-6-7-13-22)19-9-4-3-5-10-19;/h3-5,9-10,20H,2,6-8,11-18H2,1H3,(H2,23,24,25);1H. The van der Waals surface area contributed by atoms with Crippen LogP contribution >= 0.6 is 24.0 Å². The Hall–Kier alpha value is -0.860. The van der Waals surface area contributed by atoms with Gasteiger partial charge in [0.2, 0.25) is 0 Å². The van der Waals surface area contributed by atoms with Gasteiger partial charge in [0.25, 0.3) is 0 Å². The molecule has 1 aliphatic heterocycles. The third kappa shape index (κ3) is 6.88. The Morgan fingerprint density at radius 3 is 2.68 bits per heavy atom. The lowest BCUT2D eigenvalue weighted by Gasteiger charge is -2.28. The van der Waals surface area contributed by atoms with E-state index in [0.717, 1.165) is 58.3 Å². The molecule has 1 heterocycles. The molecule has 1 unspecified atom stereocenters. The van der Waals surface area contributed by atoms with Crippen LogP contribution in [0.3, 0.4) is 0 Å². The summed E-state index contributed by atoms with van der Waals surface area (Å²) in [6.07, 6.45) is 7.37. The average Bonchev–Trinajstić information content (AvgIpc) is 3.39. The molecule has 0 aromatic heterocycles. The van der Waals surface area contributed by atoms with Gasteiger partial charge in [0.15, 0.2) is 5.96 Å². The number of hydrogen-bond donors (Lipinski definition) is 2. The Kier molecular flexibility index (Phi) is 10.6. The molecule has 0 radical (unpaired) electrons. The number of rotatable bonds is 9. The van der Waals surface area contributed by atoms with Crippen molar-refractivity contribution in [2.24, 2.45) is 4.99 Å². The third-order valence-corrected chi connectivity index (χ3v) is 5.69. The quantitative estimate of drug-likeness (QED) is 0.234. The fraction of sp³-hybridized carbons (Fsp3) is 0.682. The molecule has 1 saturated heterocycles. The molecule has 2 N–H and O–H groups in total. The van der Waals surface area contributed by atoms with Crippen LogP contribution < -0.4 is 10.6 Å². The first kappa shape index (κ1) is 23.4. The summed E-state index contributed by atoms with van der Waals surface area (Å²) in [7, 11) is 0. The van der Waals surface area contributed by atoms with Gasteiger partial charge < -0.3 is 20.1 Å². The zero-order chi connectivity index (χ0) is 18.8. The van der Waals surface area contributed by atoms with Gasteiger partial charge in [-0.2, -0.15) is 0 Å². The summed E-state index contributed by atoms with van der Waals surface area (Å²) in [5.41, 5.74) is 1.64. The fourth-order valence-corrected chi connectivity index (χ4v) is 4.13. The van der Waals surface area contributed by atoms with Crippen LogP contribution in [0.5, 0.6) is 0 Å². The average molecular weight is 501 g/mol. The molecule has 1 aromatic carbocycles. The number of nitrogens with one attached hydrogen (secondary N) is 2. The van der Waals surface area contributed by atoms with E-state index >= 15 is 0 Å². The van der Waals surface area contributed by atoms with Gasteiger partial charge in [0.05, 0.1) is 19.3 Å². The monoisotopic (exact) mass is 501 g/mol. The van der Waals surface area contributed by atoms with E-state index in [1.165, 1.54) is 31.2 Å². The lowest BCUT2D eigenvalue weighted by molar-refractivity contribution is 0.0420. The first-order valence-corrected chi connectivity index (χ1v) is 10.6. The molecule has 1 saturated carbocycles. The van der Waals surface area contributed by atoms with Crippen molar-refractivity contribution < 1.29 is 9.47 Å². The molecule has 158 valence electrons. The first-order valence-electron chi connectivity index (χ1n) is 10.6. The van der Waals surface area contributed by atoms with E-state index in [0.29, 0.717) is 6.10 Å². The molecule has 28 heavy (non-hydrogen) atoms. The maximum atomic E-state index is 5.83. The zero-order valence-electron chi connectivity index (χ0n) is 17.1. The Balaban J connectivity index is 0.00000280. The van der Waals surface area contributed by atoms with Crippen molar-refractivity contribution >= 4 is 29.9 Å². The van der Waals surface area contributed by atoms with Gasteiger partial charge in [0.1, 0.15) is 0 Å². The third-order valence-electron chi connectivity index (χ3n) is 5.69. The molecular formula is C22H36IN3O2. The molecule has 0 spiro atoms. The highest BCUT2D eigenvalue weighted by Gasteiger charge is 2.35. The summed E-state index contributed by atoms with van der Waals surface area (Å²) in [6, 6.07) is 10.9. The van der Waals surface area contributed by atoms with Crippen LogP contribution in [0.4, 0.5) is 0 Å². The molecule has 6 heteroatoms. The molecule has 0 amide bonds. The summed E-state index contributed by atoms with van der Waals surface area (Å²) >= 11 is 0. The van der Waals surface area contributed by atoms with Gasteiger partial charge in [-0.05, 0) is 38.2 Å². The van der Waals surface area contributed by atoms with Crippen LogP contribution in [0.25, 0.3) is 0 Å². The van der Waals surface area contributed by atoms with Crippen LogP contribution in [0.1, 0.15) is 51.0 Å². The summed E-state index contributed by atoms with van der Waals surface area (Å²) < 4.78 is 11.2. The number of halogens is 1. The number of hydrogen-bond acceptors (Lipinski definition) is 3. The molecule has 1 aliphatic carbocycles. The van der Waals surface area contributed by atoms with E-state index in [4.69, 9.17) is 14.5 Å². The summed E-state index contributed by atoms with van der Waals surface area (Å²) in [4.78, 5) is 4.95. The summed E-state index contributed by atoms with van der Waals surface area (Å²) in [6.45, 7) is 7.07. The molecule has 5 nitrogen and oxygen atoms in total. The number of ether oxygens (including phenoxy) is 2. The topological polar surface area (TPSA) is 54.9 Å². The van der Waals surface area contributed by atoms with Crippen LogP contribution in [0.2, 0.25) is 0 Å². The lowest BCUT2D eigenvalue weighted by atomic mass is 9.79. The van der Waals surface area contributed by atoms with Gasteiger partial charge >= 0.3 is 0 Å². The van der Waals surface area contributed by atoms with E-state index in [1.54, 1.807) is 0 Å². The normalized spacial score (nSPS) is 21.3. The first-order chi connectivity index (χ1) is 13.3. The maximum absolute atomic E-state index is 5.83. The molecule has 2 fully saturated rings. The highest BCUT2D eigenvalue weighted by molar-refractivity contribution is 14.0. The second kappa shape index (κ2) is 12.6. The molecule has 2 aliphatic rings. The van der Waals surface area contributed by atoms with E-state index < -0.39 is 0 Å². The number of benzene rings is 1. The Labute approximate surface area is 187 Å². The van der Waals surface area contributed by atoms with E-state index in [1.807, 2.05) is 0 Å². The second-order valence-corrected chi connectivity index (χ2v) is 7.69. The van der Waals surface area contributed by atoms with Crippen LogP contribution in [0, 0.1) is 0 Å². The SMILES string of the molecule is CCNC(=NCC1(c2ccccc2)CCCC1)NCCCOC1CCOC1.I. The lowest BCUT2D eigenvalue weighted by Crippen LogP contribution is -2.39. The van der Waals surface area contributed by atoms with Crippen molar-refractivity contribution in [3.05, 3.63) is 35.9 Å². The molecule has 1 aromatic rings. The van der Waals surface area contributed by atoms with Gasteiger partial charge in [-0.25, -0.2) is 0 Å². The Morgan fingerprint density at radius 2 is 2.00 bits per heavy atom. The molecular weight excluding hydrogens is 465 g/mol. The van der Waals surface area contributed by atoms with E-state index in [-0.39, 0.29) is 29.4 Å². The minimum Gasteiger partial charge on any atom is -0.379 e. The maximum Gasteiger partial charge on any atom is 0.191 e. The van der Waals surface area contributed by atoms with Crippen LogP contribution in [-0.2, 0) is 14.9 Å². The smallest absolute Gasteiger partial charge is 0.191 e. The van der Waals surface area contributed by atoms with E-state index in [2.05, 4.69) is 47.9 Å². The summed E-state index contributed by atoms with van der Waals surface area (Å²) in [5, 5.41) is 6.85. The Bertz CT molecular complexity index is 570. The van der Waals surface area contributed by atoms with Crippen LogP contribution in [0.15, 0.2) is 35.3 Å². The van der Waals surface area contributed by atoms with Crippen molar-refractivity contribution in [3.63, 3.8) is 0 Å². The van der Waals surface area contributed by atoms with Gasteiger partial charge in [-0.1, -0.05) is 43.2 Å². The minimum absolute atomic E-state index is 0. The van der Waals surface area contributed by atoms with Crippen molar-refractivity contribution in [3.8, 4) is 0 Å². The molecule has 1 atom stereocenters. The van der Waals surface area contributed by atoms with Crippen molar-refractivity contribution in [2.45, 2.75) is 57.0 Å². The minimum atomic E-state index is 0. The van der Waals surface area contributed by atoms with Gasteiger partial charge in [-0.3, -0.25) is 4.99 Å². The largest absolute Gasteiger partial charge is 0.379 e. The Morgan fingerprint density at radius 1 is 1.21 bits per heavy atom. The fourth-order valence-electron chi connectivity index (χ4n) is 4.13. The molecule has 3 rings (SSSR count). The number of aliphatic imine (C=N–C) groups is 1. The highest BCUT2D eigenvalue weighted by atomic mass is 127. The van der Waals surface area contributed by atoms with E-state index in [9.17, 15) is 0 Å².